The van der Waals surface area contributed by atoms with Crippen molar-refractivity contribution in [2.75, 3.05) is 12.8 Å². The van der Waals surface area contributed by atoms with Crippen LogP contribution in [0.4, 0.5) is 0 Å². The van der Waals surface area contributed by atoms with Crippen LogP contribution < -0.4 is 10.6 Å². The normalized spacial score (nSPS) is 25.3. The molecule has 0 saturated carbocycles. The Morgan fingerprint density at radius 2 is 2.05 bits per heavy atom. The van der Waals surface area contributed by atoms with Crippen molar-refractivity contribution in [1.82, 2.24) is 10.6 Å². The first kappa shape index (κ1) is 14.6. The summed E-state index contributed by atoms with van der Waals surface area (Å²) in [6, 6.07) is 7.01. The highest BCUT2D eigenvalue weighted by Crippen LogP contribution is 2.18. The maximum atomic E-state index is 12.2. The van der Waals surface area contributed by atoms with Gasteiger partial charge < -0.3 is 5.32 Å². The Labute approximate surface area is 132 Å². The van der Waals surface area contributed by atoms with Crippen LogP contribution in [0.3, 0.4) is 0 Å². The number of carbonyl (C=O) groups is 1. The molecule has 0 radical (unpaired) electrons. The topological polar surface area (TPSA) is 65.8 Å². The largest absolute Gasteiger partial charge is 0.303 e. The van der Waals surface area contributed by atoms with Gasteiger partial charge in [0.1, 0.15) is 6.17 Å². The molecule has 0 aromatic heterocycles. The fourth-order valence-corrected chi connectivity index (χ4v) is 2.92. The van der Waals surface area contributed by atoms with Gasteiger partial charge in [-0.2, -0.15) is 0 Å². The third-order valence-corrected chi connectivity index (χ3v) is 4.28. The van der Waals surface area contributed by atoms with Crippen LogP contribution in [0.2, 0.25) is 5.02 Å². The summed E-state index contributed by atoms with van der Waals surface area (Å²) in [7, 11) is 0. The minimum absolute atomic E-state index is 0.111. The summed E-state index contributed by atoms with van der Waals surface area (Å²) in [6.45, 7) is 0.737. The van der Waals surface area contributed by atoms with Gasteiger partial charge in [-0.25, -0.2) is 4.99 Å². The summed E-state index contributed by atoms with van der Waals surface area (Å²) in [5.41, 5.74) is 1.90. The second-order valence-electron chi connectivity index (χ2n) is 4.80. The van der Waals surface area contributed by atoms with Crippen LogP contribution >= 0.6 is 23.4 Å². The molecule has 5 nitrogen and oxygen atoms in total. The van der Waals surface area contributed by atoms with E-state index in [2.05, 4.69) is 20.6 Å². The molecule has 0 fully saturated rings. The average Bonchev–Trinajstić information content (AvgIpc) is 2.70. The van der Waals surface area contributed by atoms with E-state index in [-0.39, 0.29) is 12.1 Å². The minimum Gasteiger partial charge on any atom is -0.303 e. The zero-order valence-electron chi connectivity index (χ0n) is 11.5. The Kier molecular flexibility index (Phi) is 4.28. The van der Waals surface area contributed by atoms with Crippen molar-refractivity contribution in [3.63, 3.8) is 0 Å². The lowest BCUT2D eigenvalue weighted by Gasteiger charge is -2.25. The highest BCUT2D eigenvalue weighted by Gasteiger charge is 2.34. The van der Waals surface area contributed by atoms with Crippen molar-refractivity contribution < 1.29 is 4.79 Å². The third kappa shape index (κ3) is 3.12. The highest BCUT2D eigenvalue weighted by atomic mass is 35.5. The molecule has 7 heteroatoms. The van der Waals surface area contributed by atoms with E-state index in [0.717, 1.165) is 24.2 Å². The highest BCUT2D eigenvalue weighted by molar-refractivity contribution is 8.13. The van der Waals surface area contributed by atoms with Gasteiger partial charge in [-0.05, 0) is 24.0 Å². The molecule has 3 rings (SSSR count). The zero-order chi connectivity index (χ0) is 14.8. The van der Waals surface area contributed by atoms with E-state index in [1.165, 1.54) is 11.8 Å². The number of amides is 1. The maximum Gasteiger partial charge on any atom is 0.254 e. The SMILES string of the molecule is CSC1=NC2NCCC(c3ccc(Cl)cc3)=NC2C(=O)N1. The van der Waals surface area contributed by atoms with Crippen molar-refractivity contribution in [2.24, 2.45) is 9.98 Å². The number of nitrogens with one attached hydrogen (secondary N) is 2. The summed E-state index contributed by atoms with van der Waals surface area (Å²) in [6.07, 6.45) is 2.36. The maximum absolute atomic E-state index is 12.2. The lowest BCUT2D eigenvalue weighted by molar-refractivity contribution is -0.121. The van der Waals surface area contributed by atoms with Crippen molar-refractivity contribution in [1.29, 1.82) is 0 Å². The second-order valence-corrected chi connectivity index (χ2v) is 6.04. The van der Waals surface area contributed by atoms with E-state index in [9.17, 15) is 4.79 Å². The number of benzene rings is 1. The Morgan fingerprint density at radius 1 is 1.29 bits per heavy atom. The molecular weight excluding hydrogens is 308 g/mol. The first-order valence-corrected chi connectivity index (χ1v) is 8.26. The lowest BCUT2D eigenvalue weighted by Crippen LogP contribution is -2.52. The van der Waals surface area contributed by atoms with E-state index in [4.69, 9.17) is 11.6 Å². The molecule has 0 aliphatic carbocycles. The molecule has 1 aromatic carbocycles. The second kappa shape index (κ2) is 6.17. The molecule has 2 aliphatic heterocycles. The smallest absolute Gasteiger partial charge is 0.254 e. The summed E-state index contributed by atoms with van der Waals surface area (Å²) in [4.78, 5) is 21.3. The van der Waals surface area contributed by atoms with Gasteiger partial charge >= 0.3 is 0 Å². The fraction of sp³-hybridized carbons (Fsp3) is 0.357. The van der Waals surface area contributed by atoms with E-state index < -0.39 is 6.04 Å². The standard InChI is InChI=1S/C14H15ClN4OS/c1-21-14-18-12-11(13(20)19-14)17-10(6-7-16-12)8-2-4-9(15)5-3-8/h2-5,11-12,16H,6-7H2,1H3,(H,18,19,20). The van der Waals surface area contributed by atoms with Gasteiger partial charge in [-0.15, -0.1) is 0 Å². The fourth-order valence-electron chi connectivity index (χ4n) is 2.37. The van der Waals surface area contributed by atoms with Crippen LogP contribution in [-0.4, -0.2) is 41.8 Å². The van der Waals surface area contributed by atoms with Crippen molar-refractivity contribution in [3.8, 4) is 0 Å². The van der Waals surface area contributed by atoms with Crippen molar-refractivity contribution >= 4 is 40.1 Å². The number of hydrogen-bond acceptors (Lipinski definition) is 5. The summed E-state index contributed by atoms with van der Waals surface area (Å²) in [5.74, 6) is -0.111. The average molecular weight is 323 g/mol. The van der Waals surface area contributed by atoms with Crippen LogP contribution in [0.15, 0.2) is 34.3 Å². The summed E-state index contributed by atoms with van der Waals surface area (Å²) < 4.78 is 0. The molecule has 0 bridgehead atoms. The zero-order valence-corrected chi connectivity index (χ0v) is 13.0. The first-order chi connectivity index (χ1) is 10.2. The molecule has 0 saturated heterocycles. The van der Waals surface area contributed by atoms with Crippen LogP contribution in [-0.2, 0) is 4.79 Å². The third-order valence-electron chi connectivity index (χ3n) is 3.44. The quantitative estimate of drug-likeness (QED) is 0.826. The number of fused-ring (bicyclic) bond motifs is 1. The molecule has 2 N–H and O–H groups in total. The molecule has 2 heterocycles. The van der Waals surface area contributed by atoms with Gasteiger partial charge in [0.05, 0.1) is 0 Å². The monoisotopic (exact) mass is 322 g/mol. The van der Waals surface area contributed by atoms with E-state index in [1.807, 2.05) is 30.5 Å². The molecular formula is C14H15ClN4OS. The van der Waals surface area contributed by atoms with Gasteiger partial charge in [0.25, 0.3) is 5.91 Å². The van der Waals surface area contributed by atoms with Gasteiger partial charge in [0.2, 0.25) is 0 Å². The van der Waals surface area contributed by atoms with Gasteiger partial charge in [0.15, 0.2) is 11.2 Å². The summed E-state index contributed by atoms with van der Waals surface area (Å²) >= 11 is 7.34. The number of hydrogen-bond donors (Lipinski definition) is 2. The van der Waals surface area contributed by atoms with Crippen LogP contribution in [0, 0.1) is 0 Å². The summed E-state index contributed by atoms with van der Waals surface area (Å²) in [5, 5.41) is 7.39. The van der Waals surface area contributed by atoms with E-state index in [0.29, 0.717) is 10.2 Å². The minimum atomic E-state index is -0.519. The molecule has 110 valence electrons. The predicted octanol–water partition coefficient (Wildman–Crippen LogP) is 1.67. The molecule has 21 heavy (non-hydrogen) atoms. The van der Waals surface area contributed by atoms with Gasteiger partial charge in [-0.1, -0.05) is 35.5 Å². The first-order valence-electron chi connectivity index (χ1n) is 6.66. The van der Waals surface area contributed by atoms with Crippen LogP contribution in [0.25, 0.3) is 0 Å². The number of aliphatic imine (C=N–C) groups is 2. The van der Waals surface area contributed by atoms with Gasteiger partial charge in [0, 0.05) is 23.7 Å². The van der Waals surface area contributed by atoms with E-state index >= 15 is 0 Å². The number of nitrogens with zero attached hydrogens (tertiary/aromatic N) is 2. The molecule has 2 aliphatic rings. The number of carbonyl (C=O) groups excluding carboxylic acids is 1. The Bertz CT molecular complexity index is 614. The van der Waals surface area contributed by atoms with Crippen LogP contribution in [0.5, 0.6) is 0 Å². The molecule has 1 amide bonds. The molecule has 2 atom stereocenters. The molecule has 1 aromatic rings. The number of amidine groups is 1. The lowest BCUT2D eigenvalue weighted by atomic mass is 10.1. The van der Waals surface area contributed by atoms with Crippen molar-refractivity contribution in [3.05, 3.63) is 34.9 Å². The number of thioether (sulfide) groups is 1. The number of rotatable bonds is 1. The Hall–Kier alpha value is -1.37. The van der Waals surface area contributed by atoms with Crippen LogP contribution in [0.1, 0.15) is 12.0 Å². The number of halogens is 1. The molecule has 0 spiro atoms. The van der Waals surface area contributed by atoms with E-state index in [1.54, 1.807) is 0 Å². The predicted molar refractivity (Wildman–Crippen MR) is 87.3 cm³/mol. The Balaban J connectivity index is 1.93. The van der Waals surface area contributed by atoms with Crippen molar-refractivity contribution in [2.45, 2.75) is 18.6 Å². The Morgan fingerprint density at radius 3 is 2.76 bits per heavy atom. The molecule has 2 unspecified atom stereocenters. The van der Waals surface area contributed by atoms with Gasteiger partial charge in [-0.3, -0.25) is 15.1 Å².